The van der Waals surface area contributed by atoms with Crippen LogP contribution in [0.25, 0.3) is 17.0 Å². The van der Waals surface area contributed by atoms with Gasteiger partial charge in [-0.15, -0.1) is 0 Å². The first kappa shape index (κ1) is 15.3. The average molecular weight is 311 g/mol. The number of nitrogens with zero attached hydrogens (tertiary/aromatic N) is 2. The fourth-order valence-corrected chi connectivity index (χ4v) is 2.94. The minimum Gasteiger partial charge on any atom is -0.516 e. The van der Waals surface area contributed by atoms with Crippen molar-refractivity contribution in [3.05, 3.63) is 45.9 Å². The molecular formula is C18H21N3O2. The van der Waals surface area contributed by atoms with Crippen LogP contribution in [-0.4, -0.2) is 29.0 Å². The molecule has 1 aliphatic heterocycles. The van der Waals surface area contributed by atoms with Crippen LogP contribution in [0.1, 0.15) is 30.9 Å². The minimum atomic E-state index is 0.00421. The fourth-order valence-electron chi connectivity index (χ4n) is 2.94. The van der Waals surface area contributed by atoms with E-state index in [0.29, 0.717) is 25.2 Å². The van der Waals surface area contributed by atoms with Crippen molar-refractivity contribution in [3.63, 3.8) is 0 Å². The number of fused-ring (bicyclic) bond motifs is 3. The molecule has 0 fully saturated rings. The fraction of sp³-hybridized carbons (Fsp3) is 0.333. The topological polar surface area (TPSA) is 66.6 Å². The third kappa shape index (κ3) is 2.86. The number of aromatic nitrogens is 1. The van der Waals surface area contributed by atoms with Gasteiger partial charge in [0.1, 0.15) is 0 Å². The van der Waals surface area contributed by atoms with Crippen molar-refractivity contribution in [2.75, 3.05) is 18.4 Å². The lowest BCUT2D eigenvalue weighted by Crippen LogP contribution is -2.25. The van der Waals surface area contributed by atoms with Gasteiger partial charge >= 0.3 is 0 Å². The van der Waals surface area contributed by atoms with E-state index in [9.17, 15) is 4.79 Å². The summed E-state index contributed by atoms with van der Waals surface area (Å²) < 4.78 is 1.84. The molecule has 5 heteroatoms. The van der Waals surface area contributed by atoms with Crippen LogP contribution in [0.5, 0.6) is 0 Å². The number of nitrogens with one attached hydrogen (secondary N) is 1. The Hall–Kier alpha value is -2.56. The van der Waals surface area contributed by atoms with Crippen LogP contribution in [0.3, 0.4) is 0 Å². The molecular weight excluding hydrogens is 290 g/mol. The van der Waals surface area contributed by atoms with Gasteiger partial charge in [-0.2, -0.15) is 0 Å². The van der Waals surface area contributed by atoms with Crippen LogP contribution in [0.4, 0.5) is 5.69 Å². The zero-order chi connectivity index (χ0) is 16.2. The Balaban J connectivity index is 2.33. The molecule has 0 amide bonds. The molecule has 0 unspecified atom stereocenters. The maximum atomic E-state index is 12.9. The highest BCUT2D eigenvalue weighted by atomic mass is 16.2. The third-order valence-corrected chi connectivity index (χ3v) is 4.09. The summed E-state index contributed by atoms with van der Waals surface area (Å²) in [6, 6.07) is 5.86. The summed E-state index contributed by atoms with van der Waals surface area (Å²) in [6.07, 6.45) is 6.34. The number of aliphatic imine (C=N–C) groups is 1. The molecule has 1 aromatic carbocycles. The molecule has 0 saturated carbocycles. The molecule has 0 aliphatic carbocycles. The van der Waals surface area contributed by atoms with Crippen molar-refractivity contribution >= 4 is 28.9 Å². The highest BCUT2D eigenvalue weighted by Gasteiger charge is 2.16. The van der Waals surface area contributed by atoms with Gasteiger partial charge < -0.3 is 15.0 Å². The molecule has 1 aromatic heterocycles. The second-order valence-corrected chi connectivity index (χ2v) is 5.65. The van der Waals surface area contributed by atoms with Crippen molar-refractivity contribution in [2.45, 2.75) is 26.3 Å². The van der Waals surface area contributed by atoms with Crippen molar-refractivity contribution in [2.24, 2.45) is 4.99 Å². The van der Waals surface area contributed by atoms with Gasteiger partial charge in [0, 0.05) is 24.7 Å². The normalized spacial score (nSPS) is 14.0. The lowest BCUT2D eigenvalue weighted by atomic mass is 10.1. The summed E-state index contributed by atoms with van der Waals surface area (Å²) in [5, 5.41) is 13.3. The molecule has 0 spiro atoms. The number of benzene rings is 1. The van der Waals surface area contributed by atoms with Crippen LogP contribution in [0.15, 0.2) is 34.2 Å². The van der Waals surface area contributed by atoms with E-state index in [-0.39, 0.29) is 5.56 Å². The largest absolute Gasteiger partial charge is 0.516 e. The van der Waals surface area contributed by atoms with E-state index < -0.39 is 0 Å². The molecule has 2 N–H and O–H groups in total. The van der Waals surface area contributed by atoms with Gasteiger partial charge in [-0.25, -0.2) is 0 Å². The van der Waals surface area contributed by atoms with Gasteiger partial charge in [-0.1, -0.05) is 19.4 Å². The molecule has 2 aromatic rings. The van der Waals surface area contributed by atoms with Crippen LogP contribution in [0.2, 0.25) is 0 Å². The molecule has 23 heavy (non-hydrogen) atoms. The van der Waals surface area contributed by atoms with E-state index >= 15 is 0 Å². The monoisotopic (exact) mass is 311 g/mol. The number of unbranched alkanes of at least 4 members (excludes halogenated alkanes) is 1. The zero-order valence-electron chi connectivity index (χ0n) is 13.2. The Morgan fingerprint density at radius 3 is 3.09 bits per heavy atom. The van der Waals surface area contributed by atoms with E-state index in [1.807, 2.05) is 22.8 Å². The number of anilines is 1. The standard InChI is InChI=1S/C18H21N3O2/c1-2-3-9-21-16-5-4-13(6-10-22)11-14(16)17-15(18(21)23)12-19-7-8-20-17/h4-6,10-12,20,22H,2-3,7-9H2,1H3. The van der Waals surface area contributed by atoms with Gasteiger partial charge in [0.15, 0.2) is 0 Å². The lowest BCUT2D eigenvalue weighted by Gasteiger charge is -2.16. The number of pyridine rings is 1. The van der Waals surface area contributed by atoms with E-state index in [1.165, 1.54) is 0 Å². The lowest BCUT2D eigenvalue weighted by molar-refractivity contribution is 0.478. The zero-order valence-corrected chi connectivity index (χ0v) is 13.2. The van der Waals surface area contributed by atoms with Crippen molar-refractivity contribution in [1.82, 2.24) is 4.57 Å². The SMILES string of the molecule is CCCCn1c(=O)c2c(c3cc(C=CO)ccc31)NCCN=C2. The summed E-state index contributed by atoms with van der Waals surface area (Å²) in [4.78, 5) is 17.2. The first-order valence-corrected chi connectivity index (χ1v) is 8.01. The predicted octanol–water partition coefficient (Wildman–Crippen LogP) is 3.17. The van der Waals surface area contributed by atoms with E-state index in [4.69, 9.17) is 5.11 Å². The average Bonchev–Trinajstić information content (AvgIpc) is 2.82. The molecule has 0 bridgehead atoms. The van der Waals surface area contributed by atoms with Crippen molar-refractivity contribution in [1.29, 1.82) is 0 Å². The first-order valence-electron chi connectivity index (χ1n) is 8.01. The van der Waals surface area contributed by atoms with Crippen molar-refractivity contribution < 1.29 is 5.11 Å². The first-order chi connectivity index (χ1) is 11.3. The summed E-state index contributed by atoms with van der Waals surface area (Å²) in [5.74, 6) is 0. The van der Waals surface area contributed by atoms with Crippen LogP contribution in [0, 0.1) is 0 Å². The Labute approximate surface area is 135 Å². The predicted molar refractivity (Wildman–Crippen MR) is 95.7 cm³/mol. The molecule has 2 heterocycles. The number of hydrogen-bond donors (Lipinski definition) is 2. The number of rotatable bonds is 4. The third-order valence-electron chi connectivity index (χ3n) is 4.09. The Morgan fingerprint density at radius 1 is 1.43 bits per heavy atom. The quantitative estimate of drug-likeness (QED) is 0.852. The van der Waals surface area contributed by atoms with Crippen LogP contribution < -0.4 is 10.9 Å². The number of hydrogen-bond acceptors (Lipinski definition) is 4. The minimum absolute atomic E-state index is 0.00421. The highest BCUT2D eigenvalue weighted by Crippen LogP contribution is 2.27. The summed E-state index contributed by atoms with van der Waals surface area (Å²) in [7, 11) is 0. The molecule has 5 nitrogen and oxygen atoms in total. The molecule has 0 saturated heterocycles. The van der Waals surface area contributed by atoms with Gasteiger partial charge in [-0.3, -0.25) is 9.79 Å². The van der Waals surface area contributed by atoms with E-state index in [2.05, 4.69) is 17.2 Å². The number of aliphatic hydroxyl groups excluding tert-OH is 1. The van der Waals surface area contributed by atoms with Gasteiger partial charge in [-0.05, 0) is 30.2 Å². The van der Waals surface area contributed by atoms with Crippen LogP contribution >= 0.6 is 0 Å². The summed E-state index contributed by atoms with van der Waals surface area (Å²) in [5.41, 5.74) is 3.28. The molecule has 3 rings (SSSR count). The maximum absolute atomic E-state index is 12.9. The van der Waals surface area contributed by atoms with Gasteiger partial charge in [0.2, 0.25) is 0 Å². The van der Waals surface area contributed by atoms with E-state index in [1.54, 1.807) is 12.3 Å². The smallest absolute Gasteiger partial charge is 0.261 e. The number of aliphatic hydroxyl groups is 1. The maximum Gasteiger partial charge on any atom is 0.261 e. The molecule has 0 atom stereocenters. The van der Waals surface area contributed by atoms with E-state index in [0.717, 1.165) is 41.3 Å². The Kier molecular flexibility index (Phi) is 4.46. The molecule has 0 radical (unpaired) electrons. The molecule has 120 valence electrons. The summed E-state index contributed by atoms with van der Waals surface area (Å²) in [6.45, 7) is 4.17. The van der Waals surface area contributed by atoms with Gasteiger partial charge in [0.25, 0.3) is 5.56 Å². The Bertz CT molecular complexity index is 834. The highest BCUT2D eigenvalue weighted by molar-refractivity contribution is 6.02. The Morgan fingerprint density at radius 2 is 2.30 bits per heavy atom. The summed E-state index contributed by atoms with van der Waals surface area (Å²) >= 11 is 0. The second kappa shape index (κ2) is 6.69. The second-order valence-electron chi connectivity index (χ2n) is 5.65. The van der Waals surface area contributed by atoms with Crippen LogP contribution in [-0.2, 0) is 6.54 Å². The van der Waals surface area contributed by atoms with Crippen molar-refractivity contribution in [3.8, 4) is 0 Å². The number of aryl methyl sites for hydroxylation is 1. The molecule has 1 aliphatic rings. The van der Waals surface area contributed by atoms with Gasteiger partial charge in [0.05, 0.1) is 29.6 Å².